The molecular formula is C28H28FNO5P+. The Bertz CT molecular complexity index is 1310. The second-order valence-corrected chi connectivity index (χ2v) is 10.9. The zero-order chi connectivity index (χ0) is 26.6. The van der Waals surface area contributed by atoms with Crippen molar-refractivity contribution in [1.29, 1.82) is 0 Å². The number of nitrogens with zero attached hydrogens (tertiary/aromatic N) is 1. The largest absolute Gasteiger partial charge is 0.543 e. The van der Waals surface area contributed by atoms with Crippen molar-refractivity contribution < 1.29 is 28.5 Å². The van der Waals surface area contributed by atoms with Crippen LogP contribution in [0.1, 0.15) is 32.0 Å². The summed E-state index contributed by atoms with van der Waals surface area (Å²) in [5, 5.41) is 20.3. The molecule has 186 valence electrons. The number of hydrogen-bond acceptors (Lipinski definition) is 5. The number of carbonyl (C=O) groups is 1. The summed E-state index contributed by atoms with van der Waals surface area (Å²) in [6, 6.07) is 19.2. The topological polar surface area (TPSA) is 96.7 Å². The zero-order valence-electron chi connectivity index (χ0n) is 20.5. The molecule has 0 aliphatic heterocycles. The molecule has 6 nitrogen and oxygen atoms in total. The van der Waals surface area contributed by atoms with Gasteiger partial charge in [-0.1, -0.05) is 54.5 Å². The normalized spacial score (nSPS) is 15.1. The van der Waals surface area contributed by atoms with Crippen molar-refractivity contribution in [1.82, 2.24) is 4.98 Å². The third-order valence-corrected chi connectivity index (χ3v) is 7.13. The number of halogens is 1. The van der Waals surface area contributed by atoms with Gasteiger partial charge >= 0.3 is 19.2 Å². The quantitative estimate of drug-likeness (QED) is 0.305. The summed E-state index contributed by atoms with van der Waals surface area (Å²) in [5.74, 6) is 3.34. The highest BCUT2D eigenvalue weighted by Crippen LogP contribution is 2.53. The molecule has 36 heavy (non-hydrogen) atoms. The van der Waals surface area contributed by atoms with Crippen LogP contribution in [0.2, 0.25) is 0 Å². The maximum atomic E-state index is 13.6. The summed E-state index contributed by atoms with van der Waals surface area (Å²) < 4.78 is 32.1. The van der Waals surface area contributed by atoms with E-state index in [1.165, 1.54) is 30.3 Å². The van der Waals surface area contributed by atoms with E-state index in [4.69, 9.17) is 4.52 Å². The number of aromatic nitrogens is 1. The van der Waals surface area contributed by atoms with Gasteiger partial charge in [-0.3, -0.25) is 0 Å². The molecule has 8 heteroatoms. The first kappa shape index (κ1) is 27.2. The van der Waals surface area contributed by atoms with Crippen LogP contribution in [0.5, 0.6) is 0 Å². The summed E-state index contributed by atoms with van der Waals surface area (Å²) in [6.45, 7) is 5.29. The minimum Gasteiger partial charge on any atom is -0.477 e. The molecule has 3 aromatic rings. The van der Waals surface area contributed by atoms with Gasteiger partial charge in [-0.15, -0.1) is 4.52 Å². The van der Waals surface area contributed by atoms with E-state index >= 15 is 0 Å². The van der Waals surface area contributed by atoms with Gasteiger partial charge in [0.1, 0.15) is 5.82 Å². The van der Waals surface area contributed by atoms with Gasteiger partial charge in [0, 0.05) is 17.4 Å². The van der Waals surface area contributed by atoms with E-state index in [0.29, 0.717) is 11.3 Å². The molecule has 2 aromatic carbocycles. The Balaban J connectivity index is 2.37. The van der Waals surface area contributed by atoms with Crippen molar-refractivity contribution in [3.05, 3.63) is 89.9 Å². The van der Waals surface area contributed by atoms with Crippen LogP contribution in [0.3, 0.4) is 0 Å². The highest BCUT2D eigenvalue weighted by Gasteiger charge is 2.73. The number of carboxylic acids is 1. The Kier molecular flexibility index (Phi) is 8.05. The number of aliphatic carboxylic acids is 1. The first-order chi connectivity index (χ1) is 16.9. The fourth-order valence-corrected chi connectivity index (χ4v) is 4.83. The molecule has 3 unspecified atom stereocenters. The van der Waals surface area contributed by atoms with Crippen LogP contribution in [-0.2, 0) is 25.9 Å². The molecule has 1 heterocycles. The summed E-state index contributed by atoms with van der Waals surface area (Å²) >= 11 is 0. The number of aliphatic hydroxyl groups is 1. The highest BCUT2D eigenvalue weighted by molar-refractivity contribution is 7.43. The van der Waals surface area contributed by atoms with E-state index in [2.05, 4.69) is 16.8 Å². The second-order valence-electron chi connectivity index (χ2n) is 9.39. The van der Waals surface area contributed by atoms with Crippen LogP contribution in [0.15, 0.2) is 72.8 Å². The summed E-state index contributed by atoms with van der Waals surface area (Å²) in [5.41, 5.74) is -1.56. The lowest BCUT2D eigenvalue weighted by atomic mass is 9.77. The number of pyridine rings is 1. The van der Waals surface area contributed by atoms with Crippen molar-refractivity contribution in [2.45, 2.75) is 37.9 Å². The smallest absolute Gasteiger partial charge is 0.477 e. The van der Waals surface area contributed by atoms with Crippen LogP contribution in [-0.4, -0.2) is 33.4 Å². The molecule has 0 saturated carbocycles. The fourth-order valence-electron chi connectivity index (χ4n) is 3.76. The van der Waals surface area contributed by atoms with Crippen LogP contribution in [0, 0.1) is 23.1 Å². The van der Waals surface area contributed by atoms with E-state index in [1.54, 1.807) is 32.9 Å². The van der Waals surface area contributed by atoms with Gasteiger partial charge in [0.15, 0.2) is 5.60 Å². The van der Waals surface area contributed by atoms with E-state index < -0.39 is 36.0 Å². The predicted octanol–water partition coefficient (Wildman–Crippen LogP) is 5.58. The first-order valence-electron chi connectivity index (χ1n) is 11.2. The van der Waals surface area contributed by atoms with E-state index in [0.717, 1.165) is 12.7 Å². The molecule has 0 bridgehead atoms. The minimum atomic E-state index is -3.08. The second kappa shape index (κ2) is 10.7. The lowest BCUT2D eigenvalue weighted by Crippen LogP contribution is -2.56. The van der Waals surface area contributed by atoms with Crippen molar-refractivity contribution >= 4 is 14.0 Å². The maximum absolute atomic E-state index is 13.6. The average molecular weight is 509 g/mol. The van der Waals surface area contributed by atoms with Gasteiger partial charge in [-0.2, -0.15) is 0 Å². The van der Waals surface area contributed by atoms with Crippen LogP contribution < -0.4 is 0 Å². The summed E-state index contributed by atoms with van der Waals surface area (Å²) in [4.78, 5) is 17.5. The number of carboxylic acid groups (broad SMARTS) is 1. The SMILES string of the molecule is CO[P+](=O)C(C#CC(C)(C)C)(C(=O)O)C(O)(Cc1ccc(F)cc1)c1cccc(-c2ccccc2)n1. The molecule has 3 atom stereocenters. The fraction of sp³-hybridized carbons (Fsp3) is 0.286. The molecule has 0 saturated heterocycles. The van der Waals surface area contributed by atoms with Gasteiger partial charge in [-0.05, 0) is 61.1 Å². The average Bonchev–Trinajstić information content (AvgIpc) is 2.85. The molecule has 0 spiro atoms. The van der Waals surface area contributed by atoms with Crippen LogP contribution in [0.25, 0.3) is 11.3 Å². The van der Waals surface area contributed by atoms with Crippen molar-refractivity contribution in [2.24, 2.45) is 5.41 Å². The Morgan fingerprint density at radius 2 is 1.64 bits per heavy atom. The third kappa shape index (κ3) is 5.52. The maximum Gasteiger partial charge on any atom is 0.543 e. The third-order valence-electron chi connectivity index (χ3n) is 5.58. The van der Waals surface area contributed by atoms with Gasteiger partial charge in [-0.25, -0.2) is 14.2 Å². The molecule has 0 fully saturated rings. The van der Waals surface area contributed by atoms with Gasteiger partial charge in [0.05, 0.1) is 18.5 Å². The lowest BCUT2D eigenvalue weighted by molar-refractivity contribution is -0.146. The molecule has 1 aromatic heterocycles. The van der Waals surface area contributed by atoms with E-state index in [9.17, 15) is 24.0 Å². The Morgan fingerprint density at radius 3 is 2.19 bits per heavy atom. The summed E-state index contributed by atoms with van der Waals surface area (Å²) in [7, 11) is -1.99. The zero-order valence-corrected chi connectivity index (χ0v) is 21.4. The monoisotopic (exact) mass is 508 g/mol. The molecule has 0 radical (unpaired) electrons. The highest BCUT2D eigenvalue weighted by atomic mass is 31.1. The predicted molar refractivity (Wildman–Crippen MR) is 136 cm³/mol. The Morgan fingerprint density at radius 1 is 1.00 bits per heavy atom. The molecule has 0 amide bonds. The minimum absolute atomic E-state index is 0.0563. The van der Waals surface area contributed by atoms with Gasteiger partial charge < -0.3 is 10.2 Å². The Hall–Kier alpha value is -3.43. The lowest BCUT2D eigenvalue weighted by Gasteiger charge is -2.33. The van der Waals surface area contributed by atoms with Crippen molar-refractivity contribution in [2.75, 3.05) is 7.11 Å². The molecule has 2 N–H and O–H groups in total. The number of hydrogen-bond donors (Lipinski definition) is 2. The Labute approximate surface area is 211 Å². The van der Waals surface area contributed by atoms with Crippen molar-refractivity contribution in [3.8, 4) is 23.1 Å². The van der Waals surface area contributed by atoms with Crippen LogP contribution >= 0.6 is 8.03 Å². The first-order valence-corrected chi connectivity index (χ1v) is 12.4. The summed E-state index contributed by atoms with van der Waals surface area (Å²) in [6.07, 6.45) is -0.367. The standard InChI is InChI=1S/C28H27FNO5P/c1-26(2,3)17-18-28(25(31)32,36(34)35-4)27(33,19-20-13-15-22(29)16-14-20)24-12-8-11-23(30-24)21-9-6-5-7-10-21/h5-16,33H,19H2,1-4H3/p+1. The number of benzene rings is 2. The van der Waals surface area contributed by atoms with Crippen LogP contribution in [0.4, 0.5) is 4.39 Å². The molecular weight excluding hydrogens is 480 g/mol. The van der Waals surface area contributed by atoms with E-state index in [1.807, 2.05) is 30.3 Å². The van der Waals surface area contributed by atoms with E-state index in [-0.39, 0.29) is 12.1 Å². The van der Waals surface area contributed by atoms with Gasteiger partial charge in [0.25, 0.3) is 0 Å². The van der Waals surface area contributed by atoms with Gasteiger partial charge in [0.2, 0.25) is 0 Å². The molecule has 0 aliphatic rings. The molecule has 3 rings (SSSR count). The number of rotatable bonds is 8. The molecule has 0 aliphatic carbocycles. The van der Waals surface area contributed by atoms with Crippen molar-refractivity contribution in [3.63, 3.8) is 0 Å².